The van der Waals surface area contributed by atoms with E-state index >= 15 is 0 Å². The second-order valence-electron chi connectivity index (χ2n) is 17.4. The van der Waals surface area contributed by atoms with E-state index in [2.05, 4.69) is 79.3 Å². The van der Waals surface area contributed by atoms with Crippen LogP contribution in [0.5, 0.6) is 0 Å². The molecule has 3 saturated heterocycles. The van der Waals surface area contributed by atoms with Crippen molar-refractivity contribution in [3.8, 4) is 0 Å². The second-order valence-corrected chi connectivity index (χ2v) is 17.4. The molecule has 4 fully saturated rings. The van der Waals surface area contributed by atoms with Gasteiger partial charge >= 0.3 is 0 Å². The minimum absolute atomic E-state index is 0.0455. The summed E-state index contributed by atoms with van der Waals surface area (Å²) in [6.07, 6.45) is 6.76. The predicted octanol–water partition coefficient (Wildman–Crippen LogP) is 3.37. The van der Waals surface area contributed by atoms with Crippen LogP contribution in [0.15, 0.2) is 85.5 Å². The van der Waals surface area contributed by atoms with E-state index in [1.165, 1.54) is 5.69 Å². The smallest absolute Gasteiger partial charge is 0.264 e. The summed E-state index contributed by atoms with van der Waals surface area (Å²) in [5, 5.41) is 8.89. The lowest BCUT2D eigenvalue weighted by atomic mass is 9.86. The van der Waals surface area contributed by atoms with Crippen molar-refractivity contribution in [2.75, 3.05) is 80.6 Å². The van der Waals surface area contributed by atoms with Gasteiger partial charge in [-0.15, -0.1) is 0 Å². The van der Waals surface area contributed by atoms with Crippen LogP contribution >= 0.6 is 0 Å². The van der Waals surface area contributed by atoms with Gasteiger partial charge in [0, 0.05) is 82.2 Å². The first-order valence-corrected chi connectivity index (χ1v) is 22.4. The lowest BCUT2D eigenvalue weighted by Crippen LogP contribution is -2.54. The van der Waals surface area contributed by atoms with Crippen LogP contribution in [0.3, 0.4) is 0 Å². The van der Waals surface area contributed by atoms with Crippen LogP contribution in [0.25, 0.3) is 11.2 Å². The summed E-state index contributed by atoms with van der Waals surface area (Å²) in [4.78, 5) is 88.2. The van der Waals surface area contributed by atoms with E-state index in [4.69, 9.17) is 0 Å². The first-order chi connectivity index (χ1) is 31.3. The number of nitrogens with zero attached hydrogens (tertiary/aromatic N) is 9. The maximum Gasteiger partial charge on any atom is 0.264 e. The van der Waals surface area contributed by atoms with Crippen LogP contribution in [-0.2, 0) is 20.8 Å². The van der Waals surface area contributed by atoms with Crippen molar-refractivity contribution < 1.29 is 24.0 Å². The number of carbonyl (C=O) groups excluding carboxylic acids is 5. The maximum absolute atomic E-state index is 13.6. The van der Waals surface area contributed by atoms with Crippen LogP contribution < -0.4 is 25.8 Å². The fourth-order valence-electron chi connectivity index (χ4n) is 9.82. The molecule has 3 aromatic carbocycles. The standard InChI is InChI=1S/C47H52N12O5/c60-39-15-14-38(45(62)53-39)59-46(63)36-8-4-9-37(41(36)47(59)64)57-24-20-55(21-25-57)17-5-16-54-18-22-56(23-19-54)34-12-10-32(11-13-34)52-43-42-44(49-29-48-43)58(30-50-42)35-27-33(28-35)51-40(61)26-31-6-2-1-3-7-31/h1-4,6-13,29-30,33,35,38H,5,14-28H2,(H,51,61)(H,48,49,52)(H,53,60,62)/t33?,35?,38-/m0/s1. The molecule has 0 unspecified atom stereocenters. The van der Waals surface area contributed by atoms with Crippen LogP contribution in [0.1, 0.15) is 64.4 Å². The van der Waals surface area contributed by atoms with E-state index in [1.54, 1.807) is 18.5 Å². The zero-order valence-corrected chi connectivity index (χ0v) is 35.7. The maximum atomic E-state index is 13.6. The Hall–Kier alpha value is -6.72. The Morgan fingerprint density at radius 1 is 0.750 bits per heavy atom. The second kappa shape index (κ2) is 17.8. The van der Waals surface area contributed by atoms with Crippen LogP contribution in [-0.4, -0.2) is 141 Å². The first kappa shape index (κ1) is 41.3. The number of hydrogen-bond donors (Lipinski definition) is 3. The van der Waals surface area contributed by atoms with E-state index in [0.29, 0.717) is 23.4 Å². The number of aromatic nitrogens is 4. The van der Waals surface area contributed by atoms with Crippen molar-refractivity contribution in [1.82, 2.24) is 44.9 Å². The third-order valence-corrected chi connectivity index (χ3v) is 13.4. The summed E-state index contributed by atoms with van der Waals surface area (Å²) in [6, 6.07) is 23.0. The number of rotatable bonds is 13. The molecule has 1 aliphatic carbocycles. The number of amides is 5. The molecule has 330 valence electrons. The monoisotopic (exact) mass is 864 g/mol. The zero-order valence-electron chi connectivity index (χ0n) is 35.7. The molecule has 17 nitrogen and oxygen atoms in total. The molecule has 64 heavy (non-hydrogen) atoms. The van der Waals surface area contributed by atoms with Crippen LogP contribution in [0.4, 0.5) is 22.9 Å². The van der Waals surface area contributed by atoms with E-state index in [-0.39, 0.29) is 36.7 Å². The molecule has 0 spiro atoms. The van der Waals surface area contributed by atoms with Crippen molar-refractivity contribution >= 4 is 63.6 Å². The van der Waals surface area contributed by atoms with Gasteiger partial charge in [0.25, 0.3) is 11.8 Å². The lowest BCUT2D eigenvalue weighted by Gasteiger charge is -2.38. The number of piperidine rings is 1. The van der Waals surface area contributed by atoms with E-state index < -0.39 is 23.8 Å². The lowest BCUT2D eigenvalue weighted by molar-refractivity contribution is -0.136. The summed E-state index contributed by atoms with van der Waals surface area (Å²) in [6.45, 7) is 9.11. The van der Waals surface area contributed by atoms with Gasteiger partial charge in [0.05, 0.1) is 29.6 Å². The minimum atomic E-state index is -0.975. The molecule has 0 bridgehead atoms. The molecule has 17 heteroatoms. The highest BCUT2D eigenvalue weighted by Gasteiger charge is 2.46. The number of anilines is 4. The molecule has 5 aromatic rings. The quantitative estimate of drug-likeness (QED) is 0.147. The minimum Gasteiger partial charge on any atom is -0.369 e. The van der Waals surface area contributed by atoms with Gasteiger partial charge in [0.2, 0.25) is 17.7 Å². The van der Waals surface area contributed by atoms with Gasteiger partial charge in [0.1, 0.15) is 12.4 Å². The summed E-state index contributed by atoms with van der Waals surface area (Å²) >= 11 is 0. The van der Waals surface area contributed by atoms with Crippen LogP contribution in [0, 0.1) is 0 Å². The third-order valence-electron chi connectivity index (χ3n) is 13.4. The Balaban J connectivity index is 0.653. The zero-order chi connectivity index (χ0) is 43.7. The van der Waals surface area contributed by atoms with Gasteiger partial charge in [-0.2, -0.15) is 0 Å². The summed E-state index contributed by atoms with van der Waals surface area (Å²) < 4.78 is 2.10. The largest absolute Gasteiger partial charge is 0.369 e. The van der Waals surface area contributed by atoms with Crippen molar-refractivity contribution in [3.63, 3.8) is 0 Å². The highest BCUT2D eigenvalue weighted by atomic mass is 16.2. The molecule has 5 aliphatic rings. The summed E-state index contributed by atoms with van der Waals surface area (Å²) in [5.41, 5.74) is 6.02. The van der Waals surface area contributed by atoms with Crippen molar-refractivity contribution in [3.05, 3.63) is 102 Å². The van der Waals surface area contributed by atoms with Crippen molar-refractivity contribution in [1.29, 1.82) is 0 Å². The highest BCUT2D eigenvalue weighted by molar-refractivity contribution is 6.25. The Kier molecular flexibility index (Phi) is 11.5. The van der Waals surface area contributed by atoms with E-state index in [9.17, 15) is 24.0 Å². The number of benzene rings is 3. The Morgan fingerprint density at radius 3 is 2.19 bits per heavy atom. The average Bonchev–Trinajstić information content (AvgIpc) is 3.84. The molecular weight excluding hydrogens is 813 g/mol. The normalized spacial score (nSPS) is 21.8. The number of imide groups is 2. The predicted molar refractivity (Wildman–Crippen MR) is 240 cm³/mol. The van der Waals surface area contributed by atoms with Crippen molar-refractivity contribution in [2.45, 2.75) is 56.7 Å². The molecule has 6 heterocycles. The molecule has 10 rings (SSSR count). The topological polar surface area (TPSA) is 181 Å². The molecule has 5 amide bonds. The number of hydrogen-bond acceptors (Lipinski definition) is 13. The Bertz CT molecular complexity index is 2560. The fraction of sp³-hybridized carbons (Fsp3) is 0.404. The fourth-order valence-corrected chi connectivity index (χ4v) is 9.82. The van der Waals surface area contributed by atoms with Gasteiger partial charge in [-0.1, -0.05) is 36.4 Å². The number of nitrogens with one attached hydrogen (secondary N) is 3. The molecular formula is C47H52N12O5. The summed E-state index contributed by atoms with van der Waals surface area (Å²) in [7, 11) is 0. The number of carbonyl (C=O) groups is 5. The average molecular weight is 865 g/mol. The Morgan fingerprint density at radius 2 is 1.47 bits per heavy atom. The third kappa shape index (κ3) is 8.40. The number of imidazole rings is 1. The summed E-state index contributed by atoms with van der Waals surface area (Å²) in [5.74, 6) is -1.22. The Labute approximate surface area is 370 Å². The first-order valence-electron chi connectivity index (χ1n) is 22.4. The van der Waals surface area contributed by atoms with Gasteiger partial charge in [-0.25, -0.2) is 15.0 Å². The molecule has 0 radical (unpaired) electrons. The van der Waals surface area contributed by atoms with Crippen LogP contribution in [0.2, 0.25) is 0 Å². The van der Waals surface area contributed by atoms with Gasteiger partial charge < -0.3 is 25.0 Å². The van der Waals surface area contributed by atoms with E-state index in [1.807, 2.05) is 42.7 Å². The van der Waals surface area contributed by atoms with Gasteiger partial charge in [0.15, 0.2) is 17.0 Å². The number of piperazine rings is 2. The van der Waals surface area contributed by atoms with Gasteiger partial charge in [-0.05, 0) is 80.7 Å². The SMILES string of the molecule is O=C1CC[C@H](N2C(=O)c3cccc(N4CCN(CCCN5CCN(c6ccc(Nc7ncnc8c7ncn8C7CC(NC(=O)Cc8ccccc8)C7)cc6)CC5)CC4)c3C2=O)C(=O)N1. The van der Waals surface area contributed by atoms with Crippen molar-refractivity contribution in [2.24, 2.45) is 0 Å². The molecule has 1 atom stereocenters. The molecule has 2 aromatic heterocycles. The molecule has 3 N–H and O–H groups in total. The highest BCUT2D eigenvalue weighted by Crippen LogP contribution is 2.37. The molecule has 1 saturated carbocycles. The number of fused-ring (bicyclic) bond motifs is 2. The van der Waals surface area contributed by atoms with E-state index in [0.717, 1.165) is 118 Å². The van der Waals surface area contributed by atoms with Gasteiger partial charge in [-0.3, -0.25) is 44.0 Å². The molecule has 4 aliphatic heterocycles.